The van der Waals surface area contributed by atoms with Crippen molar-refractivity contribution in [2.45, 2.75) is 57.9 Å². The lowest BCUT2D eigenvalue weighted by Crippen LogP contribution is -2.50. The van der Waals surface area contributed by atoms with Crippen molar-refractivity contribution in [2.24, 2.45) is 0 Å². The molecule has 0 heterocycles. The number of terminal acetylenes is 2. The average molecular weight is 269 g/mol. The van der Waals surface area contributed by atoms with E-state index in [0.717, 1.165) is 0 Å². The third kappa shape index (κ3) is 7.41. The molecule has 0 amide bonds. The lowest BCUT2D eigenvalue weighted by molar-refractivity contribution is -0.118. The minimum Gasteiger partial charge on any atom is -0.390 e. The van der Waals surface area contributed by atoms with Crippen molar-refractivity contribution in [3.05, 3.63) is 0 Å². The smallest absolute Gasteiger partial charge is 0.187 e. The van der Waals surface area contributed by atoms with Gasteiger partial charge in [-0.2, -0.15) is 0 Å². The van der Waals surface area contributed by atoms with E-state index in [4.69, 9.17) is 21.7 Å². The minimum absolute atomic E-state index is 0.408. The van der Waals surface area contributed by atoms with Crippen molar-refractivity contribution in [2.75, 3.05) is 0 Å². The lowest BCUT2D eigenvalue weighted by atomic mass is 10.1. The Labute approximate surface area is 108 Å². The fourth-order valence-electron chi connectivity index (χ4n) is 1.65. The van der Waals surface area contributed by atoms with Crippen molar-refractivity contribution < 1.29 is 8.85 Å². The summed E-state index contributed by atoms with van der Waals surface area (Å²) in [4.78, 5) is 0. The van der Waals surface area contributed by atoms with Crippen LogP contribution in [-0.4, -0.2) is 22.4 Å². The normalized spacial score (nSPS) is 12.9. The van der Waals surface area contributed by atoms with Gasteiger partial charge in [-0.3, -0.25) is 0 Å². The third-order valence-corrected chi connectivity index (χ3v) is 3.70. The second kappa shape index (κ2) is 5.88. The van der Waals surface area contributed by atoms with E-state index in [1.54, 1.807) is 0 Å². The van der Waals surface area contributed by atoms with Crippen LogP contribution in [0, 0.1) is 24.7 Å². The first-order valence-electron chi connectivity index (χ1n) is 5.81. The van der Waals surface area contributed by atoms with Gasteiger partial charge in [-0.1, -0.05) is 0 Å². The van der Waals surface area contributed by atoms with Crippen LogP contribution in [0.1, 0.15) is 12.8 Å². The highest BCUT2D eigenvalue weighted by atomic mass is 28.4. The molecular weight excluding hydrogens is 244 g/mol. The number of rotatable bonds is 6. The fourth-order valence-corrected chi connectivity index (χ4v) is 4.34. The first-order chi connectivity index (χ1) is 7.54. The van der Waals surface area contributed by atoms with E-state index >= 15 is 0 Å². The van der Waals surface area contributed by atoms with E-state index in [2.05, 4.69) is 51.1 Å². The minimum atomic E-state index is -1.76. The zero-order valence-electron chi connectivity index (χ0n) is 11.9. The summed E-state index contributed by atoms with van der Waals surface area (Å²) in [6.07, 6.45) is 11.7. The molecule has 17 heavy (non-hydrogen) atoms. The molecule has 0 radical (unpaired) electrons. The van der Waals surface area contributed by atoms with Crippen LogP contribution in [-0.2, 0) is 8.85 Å². The van der Waals surface area contributed by atoms with Crippen LogP contribution in [0.25, 0.3) is 0 Å². The topological polar surface area (TPSA) is 18.5 Å². The molecular formula is C13H24O2Si2. The first kappa shape index (κ1) is 16.5. The lowest BCUT2D eigenvalue weighted by Gasteiger charge is -2.41. The second-order valence-corrected chi connectivity index (χ2v) is 15.0. The molecule has 0 N–H and O–H groups in total. The van der Waals surface area contributed by atoms with Crippen LogP contribution < -0.4 is 0 Å². The summed E-state index contributed by atoms with van der Waals surface area (Å²) in [5, 5.41) is 0. The summed E-state index contributed by atoms with van der Waals surface area (Å²) in [7, 11) is -3.52. The van der Waals surface area contributed by atoms with Gasteiger partial charge in [0.25, 0.3) is 0 Å². The Balaban J connectivity index is 5.15. The van der Waals surface area contributed by atoms with Crippen LogP contribution >= 0.6 is 0 Å². The Morgan fingerprint density at radius 1 is 0.824 bits per heavy atom. The second-order valence-electron chi connectivity index (χ2n) is 6.10. The van der Waals surface area contributed by atoms with E-state index < -0.39 is 22.4 Å². The molecule has 0 spiro atoms. The Hall–Kier alpha value is -0.526. The van der Waals surface area contributed by atoms with Gasteiger partial charge in [0.1, 0.15) is 0 Å². The van der Waals surface area contributed by atoms with E-state index in [0.29, 0.717) is 12.8 Å². The fraction of sp³-hybridized carbons (Fsp3) is 0.692. The van der Waals surface area contributed by atoms with Gasteiger partial charge in [0, 0.05) is 0 Å². The summed E-state index contributed by atoms with van der Waals surface area (Å²) in [5.74, 6) is 4.50. The predicted octanol–water partition coefficient (Wildman–Crippen LogP) is 3.43. The summed E-state index contributed by atoms with van der Waals surface area (Å²) in [6, 6.07) is 0. The van der Waals surface area contributed by atoms with Crippen molar-refractivity contribution in [3.8, 4) is 24.7 Å². The van der Waals surface area contributed by atoms with Gasteiger partial charge in [0.15, 0.2) is 22.4 Å². The number of hydrogen-bond acceptors (Lipinski definition) is 2. The van der Waals surface area contributed by atoms with Crippen molar-refractivity contribution in [3.63, 3.8) is 0 Å². The molecule has 0 atom stereocenters. The summed E-state index contributed by atoms with van der Waals surface area (Å²) in [6.45, 7) is 12.7. The van der Waals surface area contributed by atoms with Gasteiger partial charge in [-0.15, -0.1) is 24.7 Å². The molecule has 0 aromatic carbocycles. The first-order valence-corrected chi connectivity index (χ1v) is 12.6. The molecule has 0 aliphatic carbocycles. The highest BCUT2D eigenvalue weighted by Gasteiger charge is 2.39. The largest absolute Gasteiger partial charge is 0.390 e. The van der Waals surface area contributed by atoms with E-state index in [1.165, 1.54) is 0 Å². The molecule has 0 saturated heterocycles. The van der Waals surface area contributed by atoms with Crippen LogP contribution in [0.2, 0.25) is 39.3 Å². The molecule has 0 bridgehead atoms. The van der Waals surface area contributed by atoms with Gasteiger partial charge in [0.2, 0.25) is 0 Å². The SMILES string of the molecule is C#CCC(CC#C)(O[Si](C)(C)C)O[Si](C)(C)C. The molecule has 0 aromatic heterocycles. The van der Waals surface area contributed by atoms with Gasteiger partial charge >= 0.3 is 0 Å². The van der Waals surface area contributed by atoms with E-state index in [1.807, 2.05) is 0 Å². The molecule has 0 aliphatic rings. The maximum Gasteiger partial charge on any atom is 0.187 e. The molecule has 96 valence electrons. The Morgan fingerprint density at radius 2 is 1.12 bits per heavy atom. The van der Waals surface area contributed by atoms with Crippen molar-refractivity contribution in [1.82, 2.24) is 0 Å². The molecule has 2 nitrogen and oxygen atoms in total. The van der Waals surface area contributed by atoms with Crippen molar-refractivity contribution >= 4 is 16.6 Å². The van der Waals surface area contributed by atoms with Crippen molar-refractivity contribution in [1.29, 1.82) is 0 Å². The third-order valence-electron chi connectivity index (χ3n) is 1.73. The maximum atomic E-state index is 6.15. The highest BCUT2D eigenvalue weighted by molar-refractivity contribution is 6.71. The maximum absolute atomic E-state index is 6.15. The average Bonchev–Trinajstić information content (AvgIpc) is 1.96. The summed E-state index contributed by atoms with van der Waals surface area (Å²) >= 11 is 0. The molecule has 0 aromatic rings. The van der Waals surface area contributed by atoms with Crippen LogP contribution in [0.5, 0.6) is 0 Å². The molecule has 4 heteroatoms. The highest BCUT2D eigenvalue weighted by Crippen LogP contribution is 2.30. The monoisotopic (exact) mass is 268 g/mol. The summed E-state index contributed by atoms with van der Waals surface area (Å²) in [5.41, 5.74) is 0. The Kier molecular flexibility index (Phi) is 5.70. The Bertz CT molecular complexity index is 289. The predicted molar refractivity (Wildman–Crippen MR) is 78.5 cm³/mol. The molecule has 0 aliphatic heterocycles. The van der Waals surface area contributed by atoms with Gasteiger partial charge in [-0.05, 0) is 39.3 Å². The summed E-state index contributed by atoms with van der Waals surface area (Å²) < 4.78 is 12.3. The van der Waals surface area contributed by atoms with Gasteiger partial charge in [0.05, 0.1) is 12.8 Å². The van der Waals surface area contributed by atoms with Crippen LogP contribution in [0.15, 0.2) is 0 Å². The number of hydrogen-bond donors (Lipinski definition) is 0. The van der Waals surface area contributed by atoms with E-state index in [-0.39, 0.29) is 0 Å². The molecule has 0 fully saturated rings. The van der Waals surface area contributed by atoms with Gasteiger partial charge in [-0.25, -0.2) is 0 Å². The molecule has 0 rings (SSSR count). The van der Waals surface area contributed by atoms with Crippen LogP contribution in [0.4, 0.5) is 0 Å². The molecule has 0 saturated carbocycles. The standard InChI is InChI=1S/C13H24O2Si2/c1-9-11-13(12-10-2,14-16(3,4)5)15-17(6,7)8/h1-2H,11-12H2,3-8H3. The van der Waals surface area contributed by atoms with Gasteiger partial charge < -0.3 is 8.85 Å². The van der Waals surface area contributed by atoms with E-state index in [9.17, 15) is 0 Å². The zero-order chi connectivity index (χ0) is 13.7. The van der Waals surface area contributed by atoms with Crippen LogP contribution in [0.3, 0.4) is 0 Å². The quantitative estimate of drug-likeness (QED) is 0.417. The Morgan fingerprint density at radius 3 is 1.29 bits per heavy atom. The molecule has 0 unspecified atom stereocenters. The zero-order valence-corrected chi connectivity index (χ0v) is 13.9.